The lowest BCUT2D eigenvalue weighted by molar-refractivity contribution is -0.141. The number of hydrogen-bond donors (Lipinski definition) is 4. The zero-order valence-electron chi connectivity index (χ0n) is 8.11. The second-order valence-corrected chi connectivity index (χ2v) is 3.32. The molecule has 5 nitrogen and oxygen atoms in total. The van der Waals surface area contributed by atoms with Gasteiger partial charge in [-0.1, -0.05) is 0 Å². The summed E-state index contributed by atoms with van der Waals surface area (Å²) in [6.07, 6.45) is 0.543. The third kappa shape index (κ3) is 1.78. The molecule has 0 fully saturated rings. The molecule has 5 heteroatoms. The van der Waals surface area contributed by atoms with E-state index < -0.39 is 18.1 Å². The summed E-state index contributed by atoms with van der Waals surface area (Å²) in [4.78, 5) is 13.5. The van der Waals surface area contributed by atoms with Crippen LogP contribution in [0.5, 0.6) is 0 Å². The van der Waals surface area contributed by atoms with Gasteiger partial charge in [0.15, 0.2) is 0 Å². The average Bonchev–Trinajstić information content (AvgIpc) is 2.44. The Balaban J connectivity index is 2.99. The Morgan fingerprint density at radius 2 is 2.14 bits per heavy atom. The number of aliphatic carboxylic acids is 1. The third-order valence-electron chi connectivity index (χ3n) is 2.26. The van der Waals surface area contributed by atoms with E-state index in [9.17, 15) is 9.90 Å². The van der Waals surface area contributed by atoms with Crippen molar-refractivity contribution in [1.29, 1.82) is 0 Å². The van der Waals surface area contributed by atoms with E-state index in [1.807, 2.05) is 0 Å². The molecule has 1 aromatic heterocycles. The van der Waals surface area contributed by atoms with Crippen molar-refractivity contribution >= 4 is 5.97 Å². The third-order valence-corrected chi connectivity index (χ3v) is 2.26. The minimum Gasteiger partial charge on any atom is -0.480 e. The number of carboxylic acids is 1. The van der Waals surface area contributed by atoms with Gasteiger partial charge in [0.2, 0.25) is 0 Å². The van der Waals surface area contributed by atoms with Crippen LogP contribution in [0.25, 0.3) is 0 Å². The lowest BCUT2D eigenvalue weighted by Gasteiger charge is -2.15. The second-order valence-electron chi connectivity index (χ2n) is 3.32. The minimum absolute atomic E-state index is 0.569. The van der Waals surface area contributed by atoms with Crippen molar-refractivity contribution in [3.05, 3.63) is 23.0 Å². The minimum atomic E-state index is -1.29. The van der Waals surface area contributed by atoms with Crippen molar-refractivity contribution < 1.29 is 15.0 Å². The van der Waals surface area contributed by atoms with Crippen molar-refractivity contribution in [2.24, 2.45) is 5.73 Å². The number of aromatic nitrogens is 1. The SMILES string of the molecule is Cc1c[nH]c(C)c1C(O)C(N)C(=O)O. The smallest absolute Gasteiger partial charge is 0.323 e. The standard InChI is InChI=1S/C9H14N2O3/c1-4-3-11-5(2)6(4)8(12)7(10)9(13)14/h3,7-8,11-12H,10H2,1-2H3,(H,13,14). The number of nitrogens with two attached hydrogens (primary N) is 1. The quantitative estimate of drug-likeness (QED) is 0.552. The van der Waals surface area contributed by atoms with E-state index in [0.29, 0.717) is 5.56 Å². The molecule has 2 atom stereocenters. The average molecular weight is 198 g/mol. The summed E-state index contributed by atoms with van der Waals surface area (Å²) in [5.74, 6) is -1.21. The topological polar surface area (TPSA) is 99.3 Å². The van der Waals surface area contributed by atoms with Crippen LogP contribution in [0.15, 0.2) is 6.20 Å². The Bertz CT molecular complexity index is 326. The molecule has 0 saturated heterocycles. The number of rotatable bonds is 3. The molecule has 2 unspecified atom stereocenters. The first kappa shape index (κ1) is 10.7. The van der Waals surface area contributed by atoms with E-state index in [2.05, 4.69) is 4.98 Å². The van der Waals surface area contributed by atoms with Gasteiger partial charge in [-0.2, -0.15) is 0 Å². The summed E-state index contributed by atoms with van der Waals surface area (Å²) in [6.45, 7) is 3.55. The molecule has 1 aromatic rings. The van der Waals surface area contributed by atoms with Gasteiger partial charge >= 0.3 is 5.97 Å². The Hall–Kier alpha value is -1.33. The fraction of sp³-hybridized carbons (Fsp3) is 0.444. The van der Waals surface area contributed by atoms with Gasteiger partial charge in [-0.15, -0.1) is 0 Å². The zero-order valence-corrected chi connectivity index (χ0v) is 8.11. The number of H-pyrrole nitrogens is 1. The van der Waals surface area contributed by atoms with Crippen LogP contribution < -0.4 is 5.73 Å². The molecule has 0 aromatic carbocycles. The number of aromatic amines is 1. The number of aliphatic hydroxyl groups is 1. The van der Waals surface area contributed by atoms with Crippen molar-refractivity contribution in [3.63, 3.8) is 0 Å². The van der Waals surface area contributed by atoms with Crippen molar-refractivity contribution in [1.82, 2.24) is 4.98 Å². The first-order chi connectivity index (χ1) is 6.45. The molecule has 0 saturated carbocycles. The summed E-state index contributed by atoms with van der Waals surface area (Å²) in [5, 5.41) is 18.3. The normalized spacial score (nSPS) is 15.1. The molecule has 1 rings (SSSR count). The van der Waals surface area contributed by atoms with Crippen LogP contribution in [0.4, 0.5) is 0 Å². The molecule has 14 heavy (non-hydrogen) atoms. The molecule has 0 aliphatic rings. The van der Waals surface area contributed by atoms with Crippen molar-refractivity contribution in [2.75, 3.05) is 0 Å². The Morgan fingerprint density at radius 1 is 1.57 bits per heavy atom. The van der Waals surface area contributed by atoms with Gasteiger partial charge in [0.1, 0.15) is 12.1 Å². The molecule has 0 spiro atoms. The van der Waals surface area contributed by atoms with E-state index in [-0.39, 0.29) is 0 Å². The summed E-state index contributed by atoms with van der Waals surface area (Å²) in [7, 11) is 0. The largest absolute Gasteiger partial charge is 0.480 e. The zero-order chi connectivity index (χ0) is 10.9. The molecule has 0 radical (unpaired) electrons. The van der Waals surface area contributed by atoms with E-state index >= 15 is 0 Å². The monoisotopic (exact) mass is 198 g/mol. The van der Waals surface area contributed by atoms with Crippen molar-refractivity contribution in [3.8, 4) is 0 Å². The molecule has 0 aliphatic heterocycles. The molecule has 5 N–H and O–H groups in total. The van der Waals surface area contributed by atoms with Crippen LogP contribution in [-0.4, -0.2) is 27.2 Å². The lowest BCUT2D eigenvalue weighted by Crippen LogP contribution is -2.36. The van der Waals surface area contributed by atoms with Crippen LogP contribution >= 0.6 is 0 Å². The van der Waals surface area contributed by atoms with Crippen LogP contribution in [0.1, 0.15) is 22.9 Å². The van der Waals surface area contributed by atoms with Crippen molar-refractivity contribution in [2.45, 2.75) is 26.0 Å². The maximum Gasteiger partial charge on any atom is 0.323 e. The second kappa shape index (κ2) is 3.81. The lowest BCUT2D eigenvalue weighted by atomic mass is 10.0. The Morgan fingerprint density at radius 3 is 2.50 bits per heavy atom. The molecule has 0 aliphatic carbocycles. The van der Waals surface area contributed by atoms with E-state index in [1.165, 1.54) is 0 Å². The Labute approximate surface area is 81.6 Å². The Kier molecular flexibility index (Phi) is 2.93. The number of aryl methyl sites for hydroxylation is 2. The summed E-state index contributed by atoms with van der Waals surface area (Å²) in [5.41, 5.74) is 7.45. The summed E-state index contributed by atoms with van der Waals surface area (Å²) < 4.78 is 0. The highest BCUT2D eigenvalue weighted by Gasteiger charge is 2.26. The highest BCUT2D eigenvalue weighted by atomic mass is 16.4. The van der Waals surface area contributed by atoms with Gasteiger partial charge < -0.3 is 20.9 Å². The highest BCUT2D eigenvalue weighted by Crippen LogP contribution is 2.23. The number of aliphatic hydroxyl groups excluding tert-OH is 1. The molecular weight excluding hydrogens is 184 g/mol. The van der Waals surface area contributed by atoms with E-state index in [0.717, 1.165) is 11.3 Å². The highest BCUT2D eigenvalue weighted by molar-refractivity contribution is 5.74. The van der Waals surface area contributed by atoms with Gasteiger partial charge in [0.05, 0.1) is 0 Å². The van der Waals surface area contributed by atoms with E-state index in [4.69, 9.17) is 10.8 Å². The van der Waals surface area contributed by atoms with Gasteiger partial charge in [-0.05, 0) is 19.4 Å². The van der Waals surface area contributed by atoms with Gasteiger partial charge in [-0.25, -0.2) is 0 Å². The van der Waals surface area contributed by atoms with Crippen LogP contribution in [-0.2, 0) is 4.79 Å². The summed E-state index contributed by atoms with van der Waals surface area (Å²) in [6, 6.07) is -1.29. The molecule has 0 amide bonds. The predicted octanol–water partition coefficient (Wildman–Crippen LogP) is 0.0768. The summed E-state index contributed by atoms with van der Waals surface area (Å²) >= 11 is 0. The predicted molar refractivity (Wildman–Crippen MR) is 50.8 cm³/mol. The first-order valence-electron chi connectivity index (χ1n) is 4.26. The molecule has 1 heterocycles. The molecule has 0 bridgehead atoms. The fourth-order valence-electron chi connectivity index (χ4n) is 1.44. The molecular formula is C9H14N2O3. The van der Waals surface area contributed by atoms with Crippen LogP contribution in [0.3, 0.4) is 0 Å². The number of nitrogens with one attached hydrogen (secondary N) is 1. The number of carboxylic acid groups (broad SMARTS) is 1. The fourth-order valence-corrected chi connectivity index (χ4v) is 1.44. The van der Waals surface area contributed by atoms with Gasteiger partial charge in [-0.3, -0.25) is 4.79 Å². The van der Waals surface area contributed by atoms with Crippen LogP contribution in [0.2, 0.25) is 0 Å². The van der Waals surface area contributed by atoms with Crippen LogP contribution in [0, 0.1) is 13.8 Å². The van der Waals surface area contributed by atoms with Gasteiger partial charge in [0, 0.05) is 17.5 Å². The molecule has 78 valence electrons. The number of carbonyl (C=O) groups is 1. The van der Waals surface area contributed by atoms with E-state index in [1.54, 1.807) is 20.0 Å². The first-order valence-corrected chi connectivity index (χ1v) is 4.26. The van der Waals surface area contributed by atoms with Gasteiger partial charge in [0.25, 0.3) is 0 Å². The maximum atomic E-state index is 10.6. The maximum absolute atomic E-state index is 10.6. The number of hydrogen-bond acceptors (Lipinski definition) is 3.